The third-order valence-electron chi connectivity index (χ3n) is 5.48. The minimum atomic E-state index is -0.468. The number of halogens is 1. The maximum absolute atomic E-state index is 14.5. The third-order valence-corrected chi connectivity index (χ3v) is 5.48. The van der Waals surface area contributed by atoms with Crippen LogP contribution in [0.4, 0.5) is 10.1 Å². The number of likely N-dealkylation sites (N-methyl/N-ethyl adjacent to an activating group) is 1. The molecule has 1 aliphatic carbocycles. The van der Waals surface area contributed by atoms with E-state index in [1.54, 1.807) is 24.1 Å². The Balaban J connectivity index is 1.37. The van der Waals surface area contributed by atoms with Gasteiger partial charge in [0.1, 0.15) is 5.82 Å². The van der Waals surface area contributed by atoms with E-state index in [1.807, 2.05) is 4.90 Å². The second kappa shape index (κ2) is 7.67. The Hall–Kier alpha value is -2.81. The van der Waals surface area contributed by atoms with Crippen LogP contribution in [0.5, 0.6) is 0 Å². The predicted molar refractivity (Wildman–Crippen MR) is 99.8 cm³/mol. The molecule has 1 fully saturated rings. The summed E-state index contributed by atoms with van der Waals surface area (Å²) in [5, 5.41) is 13.4. The highest BCUT2D eigenvalue weighted by Crippen LogP contribution is 2.25. The average Bonchev–Trinajstić information content (AvgIpc) is 3.14. The van der Waals surface area contributed by atoms with Crippen molar-refractivity contribution in [3.05, 3.63) is 41.0 Å². The Bertz CT molecular complexity index is 898. The molecule has 2 aliphatic rings. The quantitative estimate of drug-likeness (QED) is 0.816. The number of rotatable bonds is 4. The zero-order valence-electron chi connectivity index (χ0n) is 15.7. The highest BCUT2D eigenvalue weighted by Gasteiger charge is 2.28. The molecule has 1 aromatic carbocycles. The van der Waals surface area contributed by atoms with Crippen molar-refractivity contribution in [3.8, 4) is 0 Å². The van der Waals surface area contributed by atoms with Crippen LogP contribution >= 0.6 is 0 Å². The summed E-state index contributed by atoms with van der Waals surface area (Å²) in [6.45, 7) is 2.27. The van der Waals surface area contributed by atoms with Gasteiger partial charge in [0.2, 0.25) is 11.8 Å². The van der Waals surface area contributed by atoms with Gasteiger partial charge in [-0.15, -0.1) is 0 Å². The van der Waals surface area contributed by atoms with Crippen molar-refractivity contribution < 1.29 is 14.0 Å². The third kappa shape index (κ3) is 3.89. The van der Waals surface area contributed by atoms with Crippen molar-refractivity contribution >= 4 is 17.5 Å². The van der Waals surface area contributed by atoms with E-state index in [0.717, 1.165) is 23.5 Å². The predicted octanol–water partition coefficient (Wildman–Crippen LogP) is 0.961. The number of hydrogen-bond acceptors (Lipinski definition) is 5. The number of carbonyl (C=O) groups excluding carboxylic acids is 2. The van der Waals surface area contributed by atoms with Gasteiger partial charge in [0.05, 0.1) is 23.6 Å². The van der Waals surface area contributed by atoms with Crippen molar-refractivity contribution in [1.29, 1.82) is 0 Å². The molecule has 2 amide bonds. The van der Waals surface area contributed by atoms with E-state index in [2.05, 4.69) is 20.7 Å². The first-order valence-electron chi connectivity index (χ1n) is 9.43. The number of nitrogens with zero attached hydrogens (tertiary/aromatic N) is 4. The molecule has 8 nitrogen and oxygen atoms in total. The average molecular weight is 386 g/mol. The van der Waals surface area contributed by atoms with E-state index >= 15 is 0 Å². The molecule has 28 heavy (non-hydrogen) atoms. The largest absolute Gasteiger partial charge is 0.343 e. The normalized spacial score (nSPS) is 20.1. The summed E-state index contributed by atoms with van der Waals surface area (Å²) in [6.07, 6.45) is 1.87. The number of benzene rings is 1. The standard InChI is InChI=1S/C19H23FN6O2/c1-25-6-7-26(11-18(25)27)10-12-2-4-15(14(20)8-12)21-19(28)13-3-5-16-17(9-13)23-24-22-16/h2,4,8,13H,3,5-7,9-11H2,1H3,(H,21,28)(H,22,23,24). The van der Waals surface area contributed by atoms with E-state index in [0.29, 0.717) is 38.9 Å². The molecule has 9 heteroatoms. The Labute approximate surface area is 162 Å². The molecular weight excluding hydrogens is 363 g/mol. The molecule has 1 saturated heterocycles. The number of fused-ring (bicyclic) bond motifs is 1. The van der Waals surface area contributed by atoms with E-state index in [1.165, 1.54) is 6.07 Å². The number of hydrogen-bond donors (Lipinski definition) is 2. The zero-order chi connectivity index (χ0) is 19.7. The number of carbonyl (C=O) groups is 2. The van der Waals surface area contributed by atoms with E-state index in [4.69, 9.17) is 0 Å². The number of anilines is 1. The van der Waals surface area contributed by atoms with Crippen molar-refractivity contribution in [1.82, 2.24) is 25.2 Å². The van der Waals surface area contributed by atoms with Crippen molar-refractivity contribution in [2.24, 2.45) is 5.92 Å². The fourth-order valence-electron chi connectivity index (χ4n) is 3.70. The van der Waals surface area contributed by atoms with Gasteiger partial charge in [-0.3, -0.25) is 14.5 Å². The number of aromatic amines is 1. The molecule has 1 aromatic heterocycles. The minimum Gasteiger partial charge on any atom is -0.343 e. The van der Waals surface area contributed by atoms with Gasteiger partial charge in [-0.05, 0) is 30.5 Å². The molecule has 0 radical (unpaired) electrons. The number of H-pyrrole nitrogens is 1. The molecule has 1 unspecified atom stereocenters. The molecule has 2 N–H and O–H groups in total. The van der Waals surface area contributed by atoms with Crippen molar-refractivity contribution in [3.63, 3.8) is 0 Å². The summed E-state index contributed by atoms with van der Waals surface area (Å²) in [5.41, 5.74) is 2.66. The number of piperazine rings is 1. The molecular formula is C19H23FN6O2. The maximum Gasteiger partial charge on any atom is 0.236 e. The van der Waals surface area contributed by atoms with Crippen LogP contribution < -0.4 is 5.32 Å². The molecule has 1 aliphatic heterocycles. The Morgan fingerprint density at radius 2 is 2.14 bits per heavy atom. The lowest BCUT2D eigenvalue weighted by Crippen LogP contribution is -2.47. The Morgan fingerprint density at radius 1 is 1.32 bits per heavy atom. The van der Waals surface area contributed by atoms with Crippen LogP contribution in [-0.4, -0.2) is 63.7 Å². The number of amides is 2. The second-order valence-corrected chi connectivity index (χ2v) is 7.49. The molecule has 4 rings (SSSR count). The van der Waals surface area contributed by atoms with Gasteiger partial charge in [0.25, 0.3) is 0 Å². The lowest BCUT2D eigenvalue weighted by Gasteiger charge is -2.31. The fourth-order valence-corrected chi connectivity index (χ4v) is 3.70. The topological polar surface area (TPSA) is 94.2 Å². The highest BCUT2D eigenvalue weighted by molar-refractivity contribution is 5.93. The lowest BCUT2D eigenvalue weighted by molar-refractivity contribution is -0.134. The zero-order valence-corrected chi connectivity index (χ0v) is 15.7. The van der Waals surface area contributed by atoms with Gasteiger partial charge in [-0.2, -0.15) is 15.4 Å². The second-order valence-electron chi connectivity index (χ2n) is 7.49. The molecule has 1 atom stereocenters. The molecule has 0 saturated carbocycles. The van der Waals surface area contributed by atoms with Crippen LogP contribution in [0.1, 0.15) is 23.4 Å². The van der Waals surface area contributed by atoms with Crippen LogP contribution in [0.3, 0.4) is 0 Å². The molecule has 2 aromatic rings. The first-order chi connectivity index (χ1) is 13.5. The summed E-state index contributed by atoms with van der Waals surface area (Å²) in [6, 6.07) is 4.80. The first-order valence-corrected chi connectivity index (χ1v) is 9.43. The fraction of sp³-hybridized carbons (Fsp3) is 0.474. The number of nitrogens with one attached hydrogen (secondary N) is 2. The first kappa shape index (κ1) is 18.5. The summed E-state index contributed by atoms with van der Waals surface area (Å²) in [4.78, 5) is 28.0. The summed E-state index contributed by atoms with van der Waals surface area (Å²) in [7, 11) is 1.78. The smallest absolute Gasteiger partial charge is 0.236 e. The van der Waals surface area contributed by atoms with Crippen LogP contribution in [0.15, 0.2) is 18.2 Å². The molecule has 0 spiro atoms. The molecule has 0 bridgehead atoms. The van der Waals surface area contributed by atoms with Gasteiger partial charge in [0, 0.05) is 39.0 Å². The van der Waals surface area contributed by atoms with Crippen LogP contribution in [0.2, 0.25) is 0 Å². The summed E-state index contributed by atoms with van der Waals surface area (Å²) >= 11 is 0. The number of aryl methyl sites for hydroxylation is 1. The van der Waals surface area contributed by atoms with Crippen LogP contribution in [0, 0.1) is 11.7 Å². The van der Waals surface area contributed by atoms with Gasteiger partial charge < -0.3 is 10.2 Å². The summed E-state index contributed by atoms with van der Waals surface area (Å²) < 4.78 is 14.5. The maximum atomic E-state index is 14.5. The Morgan fingerprint density at radius 3 is 2.93 bits per heavy atom. The summed E-state index contributed by atoms with van der Waals surface area (Å²) in [5.74, 6) is -0.847. The lowest BCUT2D eigenvalue weighted by atomic mass is 9.89. The van der Waals surface area contributed by atoms with Gasteiger partial charge in [0.15, 0.2) is 0 Å². The van der Waals surface area contributed by atoms with Crippen LogP contribution in [0.25, 0.3) is 0 Å². The van der Waals surface area contributed by atoms with E-state index in [9.17, 15) is 14.0 Å². The monoisotopic (exact) mass is 386 g/mol. The van der Waals surface area contributed by atoms with Crippen molar-refractivity contribution in [2.45, 2.75) is 25.8 Å². The van der Waals surface area contributed by atoms with Crippen LogP contribution in [-0.2, 0) is 29.0 Å². The SMILES string of the molecule is CN1CCN(Cc2ccc(NC(=O)C3CCc4n[nH]nc4C3)c(F)c2)CC1=O. The van der Waals surface area contributed by atoms with Gasteiger partial charge in [-0.1, -0.05) is 6.07 Å². The molecule has 2 heterocycles. The van der Waals surface area contributed by atoms with E-state index < -0.39 is 5.82 Å². The minimum absolute atomic E-state index is 0.0679. The molecule has 148 valence electrons. The van der Waals surface area contributed by atoms with Crippen molar-refractivity contribution in [2.75, 3.05) is 32.0 Å². The highest BCUT2D eigenvalue weighted by atomic mass is 19.1. The van der Waals surface area contributed by atoms with E-state index in [-0.39, 0.29) is 23.4 Å². The van der Waals surface area contributed by atoms with Gasteiger partial charge in [-0.25, -0.2) is 4.39 Å². The van der Waals surface area contributed by atoms with Gasteiger partial charge >= 0.3 is 0 Å². The Kier molecular flexibility index (Phi) is 5.08. The number of aromatic nitrogens is 3.